The van der Waals surface area contributed by atoms with Crippen molar-refractivity contribution in [3.05, 3.63) is 71.2 Å². The highest BCUT2D eigenvalue weighted by atomic mass is 19.4. The van der Waals surface area contributed by atoms with E-state index in [-0.39, 0.29) is 46.8 Å². The monoisotopic (exact) mass is 651 g/mol. The first kappa shape index (κ1) is 32.9. The number of pyridine rings is 1. The number of nitrogens with two attached hydrogens (primary N) is 1. The maximum absolute atomic E-state index is 14.7. The van der Waals surface area contributed by atoms with Crippen molar-refractivity contribution in [3.63, 3.8) is 0 Å². The summed E-state index contributed by atoms with van der Waals surface area (Å²) in [5.74, 6) is -2.84. The van der Waals surface area contributed by atoms with Gasteiger partial charge < -0.3 is 35.5 Å². The molecular weight excluding hydrogens is 621 g/mol. The van der Waals surface area contributed by atoms with E-state index in [2.05, 4.69) is 10.3 Å². The summed E-state index contributed by atoms with van der Waals surface area (Å²) in [4.78, 5) is 29.5. The van der Waals surface area contributed by atoms with Crippen molar-refractivity contribution < 1.29 is 56.0 Å². The van der Waals surface area contributed by atoms with Crippen LogP contribution in [0.15, 0.2) is 48.5 Å². The minimum atomic E-state index is -5.47. The lowest BCUT2D eigenvalue weighted by Gasteiger charge is -2.31. The van der Waals surface area contributed by atoms with Crippen molar-refractivity contribution in [2.75, 3.05) is 26.4 Å². The largest absolute Gasteiger partial charge is 0.489 e. The molecule has 1 aliphatic heterocycles. The summed E-state index contributed by atoms with van der Waals surface area (Å²) in [6.07, 6.45) is -4.90. The Labute approximate surface area is 259 Å². The zero-order chi connectivity index (χ0) is 33.4. The van der Waals surface area contributed by atoms with Crippen LogP contribution in [0.1, 0.15) is 41.4 Å². The first-order chi connectivity index (χ1) is 21.7. The number of ether oxygens (including phenoxy) is 3. The molecule has 0 bridgehead atoms. The van der Waals surface area contributed by atoms with Gasteiger partial charge in [-0.15, -0.1) is 0 Å². The molecule has 0 saturated heterocycles. The number of rotatable bonds is 12. The molecule has 2 aliphatic rings. The maximum atomic E-state index is 14.7. The Hall–Kier alpha value is -4.50. The van der Waals surface area contributed by atoms with E-state index in [9.17, 15) is 41.8 Å². The van der Waals surface area contributed by atoms with Gasteiger partial charge in [0, 0.05) is 16.7 Å². The smallest absolute Gasteiger partial charge is 0.424 e. The summed E-state index contributed by atoms with van der Waals surface area (Å²) in [6, 6.07) is 8.91. The van der Waals surface area contributed by atoms with Crippen LogP contribution in [-0.4, -0.2) is 71.8 Å². The molecule has 3 aromatic rings. The van der Waals surface area contributed by atoms with E-state index in [1.54, 1.807) is 0 Å². The van der Waals surface area contributed by atoms with Gasteiger partial charge in [0.05, 0.1) is 24.4 Å². The Morgan fingerprint density at radius 1 is 1.15 bits per heavy atom. The van der Waals surface area contributed by atoms with Crippen LogP contribution < -0.4 is 25.3 Å². The highest BCUT2D eigenvalue weighted by Gasteiger charge is 2.58. The number of hydrogen-bond donors (Lipinski definition) is 4. The number of aliphatic hydroxyl groups is 2. The summed E-state index contributed by atoms with van der Waals surface area (Å²) in [6.45, 7) is -2.13. The van der Waals surface area contributed by atoms with E-state index < -0.39 is 72.0 Å². The number of hydrogen-bond acceptors (Lipinski definition) is 8. The van der Waals surface area contributed by atoms with Gasteiger partial charge in [0.2, 0.25) is 11.5 Å². The Bertz CT molecular complexity index is 1630. The molecule has 0 spiro atoms. The number of nitrogens with one attached hydrogen (secondary N) is 1. The van der Waals surface area contributed by atoms with E-state index in [1.807, 2.05) is 0 Å². The molecule has 0 radical (unpaired) electrons. The summed E-state index contributed by atoms with van der Waals surface area (Å²) in [5.41, 5.74) is -2.53. The van der Waals surface area contributed by atoms with Gasteiger partial charge in [0.1, 0.15) is 42.6 Å². The molecule has 3 atom stereocenters. The fourth-order valence-corrected chi connectivity index (χ4v) is 4.79. The van der Waals surface area contributed by atoms with Crippen molar-refractivity contribution in [2.24, 2.45) is 5.73 Å². The molecule has 1 fully saturated rings. The first-order valence-electron chi connectivity index (χ1n) is 14.2. The highest BCUT2D eigenvalue weighted by Crippen LogP contribution is 2.48. The molecule has 1 saturated carbocycles. The van der Waals surface area contributed by atoms with E-state index in [0.29, 0.717) is 6.07 Å². The van der Waals surface area contributed by atoms with Gasteiger partial charge in [-0.3, -0.25) is 9.59 Å². The zero-order valence-corrected chi connectivity index (χ0v) is 24.4. The molecule has 1 aromatic heterocycles. The molecule has 10 nitrogen and oxygen atoms in total. The van der Waals surface area contributed by atoms with Crippen molar-refractivity contribution in [1.82, 2.24) is 10.3 Å². The molecule has 2 aromatic carbocycles. The lowest BCUT2D eigenvalue weighted by Crippen LogP contribution is -2.52. The number of halogens is 5. The SMILES string of the molecule is C[C@@H](O)COc1ccc(C(=O)NC[C@](O)(c2cc3c(c(-c4ccc(F)cc4)n2)OC[C@@]3(CF)C(N)=O)C(F)(F)F)cc1OC1CC1. The molecule has 2 heterocycles. The van der Waals surface area contributed by atoms with Crippen molar-refractivity contribution in [2.45, 2.75) is 49.2 Å². The Morgan fingerprint density at radius 3 is 2.43 bits per heavy atom. The second kappa shape index (κ2) is 12.4. The van der Waals surface area contributed by atoms with Crippen molar-refractivity contribution in [1.29, 1.82) is 0 Å². The lowest BCUT2D eigenvalue weighted by molar-refractivity contribution is -0.265. The van der Waals surface area contributed by atoms with Crippen LogP contribution in [-0.2, 0) is 15.8 Å². The van der Waals surface area contributed by atoms with Gasteiger partial charge in [-0.25, -0.2) is 13.8 Å². The van der Waals surface area contributed by atoms with Gasteiger partial charge in [0.15, 0.2) is 11.5 Å². The van der Waals surface area contributed by atoms with E-state index in [1.165, 1.54) is 37.3 Å². The van der Waals surface area contributed by atoms with Crippen LogP contribution in [0.25, 0.3) is 11.3 Å². The summed E-state index contributed by atoms with van der Waals surface area (Å²) in [7, 11) is 0. The predicted molar refractivity (Wildman–Crippen MR) is 152 cm³/mol. The fraction of sp³-hybridized carbons (Fsp3) is 0.387. The predicted octanol–water partition coefficient (Wildman–Crippen LogP) is 3.45. The number of aliphatic hydroxyl groups excluding tert-OH is 1. The minimum Gasteiger partial charge on any atom is -0.489 e. The molecule has 2 amide bonds. The second-order valence-corrected chi connectivity index (χ2v) is 11.3. The second-order valence-electron chi connectivity index (χ2n) is 11.3. The summed E-state index contributed by atoms with van der Waals surface area (Å²) in [5, 5.41) is 22.8. The zero-order valence-electron chi connectivity index (χ0n) is 24.4. The third-order valence-electron chi connectivity index (χ3n) is 7.67. The van der Waals surface area contributed by atoms with Crippen LogP contribution in [0.3, 0.4) is 0 Å². The number of carbonyl (C=O) groups is 2. The number of amides is 2. The summed E-state index contributed by atoms with van der Waals surface area (Å²) >= 11 is 0. The number of alkyl halides is 4. The van der Waals surface area contributed by atoms with E-state index >= 15 is 0 Å². The Kier molecular flexibility index (Phi) is 8.84. The van der Waals surface area contributed by atoms with Gasteiger partial charge >= 0.3 is 6.18 Å². The molecule has 0 unspecified atom stereocenters. The van der Waals surface area contributed by atoms with Gasteiger partial charge in [-0.1, -0.05) is 0 Å². The van der Waals surface area contributed by atoms with Crippen molar-refractivity contribution in [3.8, 4) is 28.5 Å². The molecule has 246 valence electrons. The molecule has 15 heteroatoms. The maximum Gasteiger partial charge on any atom is 0.424 e. The summed E-state index contributed by atoms with van der Waals surface area (Å²) < 4.78 is 88.9. The fourth-order valence-electron chi connectivity index (χ4n) is 4.79. The molecule has 5 rings (SSSR count). The van der Waals surface area contributed by atoms with Crippen LogP contribution >= 0.6 is 0 Å². The third kappa shape index (κ3) is 6.29. The molecule has 5 N–H and O–H groups in total. The average molecular weight is 652 g/mol. The van der Waals surface area contributed by atoms with Gasteiger partial charge in [0.25, 0.3) is 5.91 Å². The van der Waals surface area contributed by atoms with E-state index in [4.69, 9.17) is 19.9 Å². The quantitative estimate of drug-likeness (QED) is 0.217. The normalized spacial score (nSPS) is 19.4. The van der Waals surface area contributed by atoms with Crippen molar-refractivity contribution >= 4 is 11.8 Å². The lowest BCUT2D eigenvalue weighted by atomic mass is 9.81. The molecule has 46 heavy (non-hydrogen) atoms. The molecular formula is C31H30F5N3O7. The number of aromatic nitrogens is 1. The van der Waals surface area contributed by atoms with Crippen LogP contribution in [0.5, 0.6) is 17.2 Å². The number of fused-ring (bicyclic) bond motifs is 1. The number of benzene rings is 2. The van der Waals surface area contributed by atoms with E-state index in [0.717, 1.165) is 25.0 Å². The number of nitrogens with zero attached hydrogens (tertiary/aromatic N) is 1. The average Bonchev–Trinajstić information content (AvgIpc) is 3.74. The van der Waals surface area contributed by atoms with Crippen LogP contribution in [0.4, 0.5) is 22.0 Å². The van der Waals surface area contributed by atoms with Gasteiger partial charge in [-0.2, -0.15) is 13.2 Å². The third-order valence-corrected chi connectivity index (χ3v) is 7.67. The minimum absolute atomic E-state index is 0.0354. The van der Waals surface area contributed by atoms with Gasteiger partial charge in [-0.05, 0) is 68.3 Å². The topological polar surface area (TPSA) is 153 Å². The number of carbonyl (C=O) groups excluding carboxylic acids is 2. The Balaban J connectivity index is 1.52. The Morgan fingerprint density at radius 2 is 1.85 bits per heavy atom. The molecule has 1 aliphatic carbocycles. The number of primary amides is 1. The van der Waals surface area contributed by atoms with Crippen LogP contribution in [0.2, 0.25) is 0 Å². The standard InChI is InChI=1S/C31H30F5N3O7/c1-16(40)12-44-22-9-4-18(10-23(22)46-20-7-8-20)27(41)38-14-30(43,31(34,35)36)24-11-21-26(45-15-29(21,13-32)28(37)42)25(39-24)17-2-5-19(33)6-3-17/h2-6,9-11,16,20,40,43H,7-8,12-15H2,1H3,(H2,37,42)(H,38,41)/t16-,29-,30+/m1/s1. The van der Waals surface area contributed by atoms with Crippen LogP contribution in [0, 0.1) is 5.82 Å². The highest BCUT2D eigenvalue weighted by molar-refractivity contribution is 5.95. The first-order valence-corrected chi connectivity index (χ1v) is 14.2.